The number of nitro benzene ring substituents is 1. The first-order valence-electron chi connectivity index (χ1n) is 6.26. The van der Waals surface area contributed by atoms with Gasteiger partial charge in [-0.25, -0.2) is 5.43 Å². The van der Waals surface area contributed by atoms with Crippen molar-refractivity contribution in [1.82, 2.24) is 5.43 Å². The molecule has 0 aliphatic heterocycles. The molecule has 10 heteroatoms. The first-order valence-corrected chi connectivity index (χ1v) is 6.64. The molecule has 0 radical (unpaired) electrons. The van der Waals surface area contributed by atoms with Crippen LogP contribution in [0.15, 0.2) is 23.3 Å². The van der Waals surface area contributed by atoms with E-state index < -0.39 is 16.7 Å². The molecule has 0 atom stereocenters. The number of benzene rings is 1. The van der Waals surface area contributed by atoms with E-state index in [1.165, 1.54) is 19.1 Å². The van der Waals surface area contributed by atoms with Crippen LogP contribution in [-0.2, 0) is 9.59 Å². The predicted molar refractivity (Wildman–Crippen MR) is 82.8 cm³/mol. The topological polar surface area (TPSA) is 137 Å². The number of hydrogen-bond acceptors (Lipinski definition) is 6. The summed E-state index contributed by atoms with van der Waals surface area (Å²) in [5.74, 6) is -1.06. The Balaban J connectivity index is 2.65. The quantitative estimate of drug-likeness (QED) is 0.464. The van der Waals surface area contributed by atoms with E-state index in [-0.39, 0.29) is 29.2 Å². The molecule has 0 bridgehead atoms. The van der Waals surface area contributed by atoms with Crippen LogP contribution in [0.5, 0.6) is 0 Å². The summed E-state index contributed by atoms with van der Waals surface area (Å²) in [6.07, 6.45) is -0.472. The lowest BCUT2D eigenvalue weighted by molar-refractivity contribution is -0.384. The van der Waals surface area contributed by atoms with Gasteiger partial charge in [0.1, 0.15) is 11.4 Å². The van der Waals surface area contributed by atoms with Crippen molar-refractivity contribution in [2.24, 2.45) is 5.10 Å². The van der Waals surface area contributed by atoms with Gasteiger partial charge in [0.05, 0.1) is 17.4 Å². The lowest BCUT2D eigenvalue weighted by Crippen LogP contribution is -2.20. The zero-order valence-electron chi connectivity index (χ0n) is 12.0. The van der Waals surface area contributed by atoms with Crippen molar-refractivity contribution in [2.45, 2.75) is 19.8 Å². The number of nitrogens with one attached hydrogen (secondary N) is 2. The number of anilines is 1. The molecular formula is C13H12ClN5O4. The minimum absolute atomic E-state index is 0.0362. The highest BCUT2D eigenvalue weighted by Gasteiger charge is 2.14. The van der Waals surface area contributed by atoms with Gasteiger partial charge in [-0.15, -0.1) is 0 Å². The summed E-state index contributed by atoms with van der Waals surface area (Å²) in [5.41, 5.74) is 2.32. The molecule has 0 saturated carbocycles. The fourth-order valence-electron chi connectivity index (χ4n) is 1.48. The smallest absolute Gasteiger partial charge is 0.289 e. The molecular weight excluding hydrogens is 326 g/mol. The molecule has 0 aromatic heterocycles. The zero-order valence-corrected chi connectivity index (χ0v) is 12.8. The molecule has 1 aromatic rings. The molecule has 1 rings (SSSR count). The third-order valence-corrected chi connectivity index (χ3v) is 2.77. The van der Waals surface area contributed by atoms with E-state index in [0.717, 1.165) is 6.07 Å². The fraction of sp³-hybridized carbons (Fsp3) is 0.231. The van der Waals surface area contributed by atoms with Gasteiger partial charge in [0.15, 0.2) is 0 Å². The summed E-state index contributed by atoms with van der Waals surface area (Å²) in [7, 11) is 0. The van der Waals surface area contributed by atoms with Crippen LogP contribution < -0.4 is 10.7 Å². The van der Waals surface area contributed by atoms with Crippen molar-refractivity contribution < 1.29 is 14.5 Å². The van der Waals surface area contributed by atoms with Crippen molar-refractivity contribution in [3.63, 3.8) is 0 Å². The van der Waals surface area contributed by atoms with Crippen molar-refractivity contribution >= 4 is 40.5 Å². The average Bonchev–Trinajstić information content (AvgIpc) is 2.47. The molecule has 0 aliphatic rings. The van der Waals surface area contributed by atoms with Crippen LogP contribution in [0.4, 0.5) is 11.4 Å². The predicted octanol–water partition coefficient (Wildman–Crippen LogP) is 1.98. The van der Waals surface area contributed by atoms with Crippen LogP contribution in [0, 0.1) is 21.4 Å². The van der Waals surface area contributed by atoms with Gasteiger partial charge >= 0.3 is 0 Å². The Morgan fingerprint density at radius 2 is 2.13 bits per heavy atom. The van der Waals surface area contributed by atoms with E-state index in [4.69, 9.17) is 16.9 Å². The molecule has 0 fully saturated rings. The minimum Gasteiger partial charge on any atom is -0.326 e. The molecule has 0 unspecified atom stereocenters. The second kappa shape index (κ2) is 8.45. The summed E-state index contributed by atoms with van der Waals surface area (Å²) >= 11 is 5.67. The normalized spacial score (nSPS) is 10.6. The molecule has 2 amide bonds. The number of carbonyl (C=O) groups excluding carboxylic acids is 2. The Kier molecular flexibility index (Phi) is 6.64. The Morgan fingerprint density at radius 3 is 2.74 bits per heavy atom. The molecule has 0 aliphatic carbocycles. The van der Waals surface area contributed by atoms with Crippen LogP contribution in [0.25, 0.3) is 0 Å². The Labute approximate surface area is 136 Å². The van der Waals surface area contributed by atoms with Gasteiger partial charge in [0, 0.05) is 17.5 Å². The van der Waals surface area contributed by atoms with Crippen molar-refractivity contribution in [2.75, 3.05) is 5.32 Å². The number of hydrazone groups is 1. The SMILES string of the molecule is CC(CC(=O)Nc1ccc(Cl)c([N+](=O)[O-])c1)=NNC(=O)CC#N. The number of amides is 2. The number of halogens is 1. The van der Waals surface area contributed by atoms with Crippen LogP contribution >= 0.6 is 11.6 Å². The molecule has 23 heavy (non-hydrogen) atoms. The van der Waals surface area contributed by atoms with Crippen molar-refractivity contribution in [3.8, 4) is 6.07 Å². The molecule has 1 aromatic carbocycles. The van der Waals surface area contributed by atoms with Gasteiger partial charge in [-0.2, -0.15) is 10.4 Å². The van der Waals surface area contributed by atoms with E-state index in [1.54, 1.807) is 6.07 Å². The summed E-state index contributed by atoms with van der Waals surface area (Å²) in [4.78, 5) is 32.9. The number of nitro groups is 1. The van der Waals surface area contributed by atoms with E-state index in [9.17, 15) is 19.7 Å². The lowest BCUT2D eigenvalue weighted by atomic mass is 10.2. The number of nitrogens with zero attached hydrogens (tertiary/aromatic N) is 3. The van der Waals surface area contributed by atoms with Gasteiger partial charge in [0.2, 0.25) is 5.91 Å². The Hall–Kier alpha value is -2.99. The standard InChI is InChI=1S/C13H12ClN5O4/c1-8(17-18-12(20)4-5-15)6-13(21)16-9-2-3-10(14)11(7-9)19(22)23/h2-3,7H,4,6H2,1H3,(H,16,21)(H,18,20). The van der Waals surface area contributed by atoms with Crippen LogP contribution in [0.3, 0.4) is 0 Å². The first-order chi connectivity index (χ1) is 10.8. The second-order valence-corrected chi connectivity index (χ2v) is 4.77. The van der Waals surface area contributed by atoms with Gasteiger partial charge in [0.25, 0.3) is 11.6 Å². The third-order valence-electron chi connectivity index (χ3n) is 2.45. The Bertz CT molecular complexity index is 711. The number of nitriles is 1. The highest BCUT2D eigenvalue weighted by atomic mass is 35.5. The molecule has 0 heterocycles. The maximum absolute atomic E-state index is 11.8. The van der Waals surface area contributed by atoms with Crippen LogP contribution in [0.1, 0.15) is 19.8 Å². The Morgan fingerprint density at radius 1 is 1.43 bits per heavy atom. The van der Waals surface area contributed by atoms with Crippen molar-refractivity contribution in [3.05, 3.63) is 33.3 Å². The number of carbonyl (C=O) groups is 2. The molecule has 0 saturated heterocycles. The van der Waals surface area contributed by atoms with E-state index >= 15 is 0 Å². The van der Waals surface area contributed by atoms with Gasteiger partial charge < -0.3 is 5.32 Å². The lowest BCUT2D eigenvalue weighted by Gasteiger charge is -2.06. The van der Waals surface area contributed by atoms with Crippen LogP contribution in [-0.4, -0.2) is 22.4 Å². The fourth-order valence-corrected chi connectivity index (χ4v) is 1.66. The maximum Gasteiger partial charge on any atom is 0.289 e. The second-order valence-electron chi connectivity index (χ2n) is 4.37. The highest BCUT2D eigenvalue weighted by Crippen LogP contribution is 2.27. The molecule has 2 N–H and O–H groups in total. The molecule has 9 nitrogen and oxygen atoms in total. The van der Waals surface area contributed by atoms with E-state index in [2.05, 4.69) is 15.8 Å². The highest BCUT2D eigenvalue weighted by molar-refractivity contribution is 6.32. The monoisotopic (exact) mass is 337 g/mol. The maximum atomic E-state index is 11.8. The van der Waals surface area contributed by atoms with Crippen molar-refractivity contribution in [1.29, 1.82) is 5.26 Å². The molecule has 0 spiro atoms. The number of rotatable bonds is 6. The van der Waals surface area contributed by atoms with Gasteiger partial charge in [-0.05, 0) is 19.1 Å². The van der Waals surface area contributed by atoms with Gasteiger partial charge in [-0.3, -0.25) is 19.7 Å². The van der Waals surface area contributed by atoms with Gasteiger partial charge in [-0.1, -0.05) is 11.6 Å². The van der Waals surface area contributed by atoms with E-state index in [0.29, 0.717) is 5.71 Å². The summed E-state index contributed by atoms with van der Waals surface area (Å²) in [5, 5.41) is 25.2. The van der Waals surface area contributed by atoms with Crippen LogP contribution in [0.2, 0.25) is 5.02 Å². The summed E-state index contributed by atoms with van der Waals surface area (Å²) < 4.78 is 0. The largest absolute Gasteiger partial charge is 0.326 e. The zero-order chi connectivity index (χ0) is 17.4. The first kappa shape index (κ1) is 18.1. The number of hydrogen-bond donors (Lipinski definition) is 2. The summed E-state index contributed by atoms with van der Waals surface area (Å²) in [6.45, 7) is 1.51. The average molecular weight is 338 g/mol. The third kappa shape index (κ3) is 6.11. The molecule has 120 valence electrons. The van der Waals surface area contributed by atoms with E-state index in [1.807, 2.05) is 0 Å². The summed E-state index contributed by atoms with van der Waals surface area (Å²) in [6, 6.07) is 5.53. The minimum atomic E-state index is -0.657.